The van der Waals surface area contributed by atoms with Gasteiger partial charge in [-0.15, -0.1) is 0 Å². The van der Waals surface area contributed by atoms with Crippen molar-refractivity contribution in [3.05, 3.63) is 23.2 Å². The molecule has 1 aromatic carbocycles. The number of methoxy groups -OCH3 is 1. The molecule has 3 rings (SSSR count). The number of nitrogens with one attached hydrogen (secondary N) is 1. The van der Waals surface area contributed by atoms with Gasteiger partial charge in [0.25, 0.3) is 0 Å². The molecule has 1 aromatic rings. The van der Waals surface area contributed by atoms with Crippen molar-refractivity contribution in [2.24, 2.45) is 11.8 Å². The van der Waals surface area contributed by atoms with E-state index in [1.54, 1.807) is 7.11 Å². The Morgan fingerprint density at radius 3 is 2.68 bits per heavy atom. The molecule has 1 saturated carbocycles. The van der Waals surface area contributed by atoms with E-state index in [0.29, 0.717) is 23.0 Å². The molecular weight excluding hydrogens is 262 g/mol. The van der Waals surface area contributed by atoms with E-state index in [9.17, 15) is 0 Å². The van der Waals surface area contributed by atoms with Crippen molar-refractivity contribution in [2.45, 2.75) is 25.4 Å². The summed E-state index contributed by atoms with van der Waals surface area (Å²) < 4.78 is 11.6. The van der Waals surface area contributed by atoms with Crippen LogP contribution >= 0.6 is 11.6 Å². The largest absolute Gasteiger partial charge is 0.493 e. The molecule has 2 atom stereocenters. The van der Waals surface area contributed by atoms with E-state index in [4.69, 9.17) is 21.1 Å². The summed E-state index contributed by atoms with van der Waals surface area (Å²) >= 11 is 5.99. The molecule has 0 spiro atoms. The van der Waals surface area contributed by atoms with Gasteiger partial charge < -0.3 is 14.8 Å². The number of halogens is 1. The molecule has 2 unspecified atom stereocenters. The summed E-state index contributed by atoms with van der Waals surface area (Å²) in [5.74, 6) is 2.87. The van der Waals surface area contributed by atoms with E-state index >= 15 is 0 Å². The van der Waals surface area contributed by atoms with Crippen molar-refractivity contribution < 1.29 is 9.47 Å². The van der Waals surface area contributed by atoms with Crippen LogP contribution in [-0.2, 0) is 0 Å². The number of ether oxygens (including phenoxy) is 2. The zero-order valence-electron chi connectivity index (χ0n) is 11.2. The Morgan fingerprint density at radius 1 is 1.21 bits per heavy atom. The Balaban J connectivity index is 1.77. The minimum absolute atomic E-state index is 0.310. The van der Waals surface area contributed by atoms with Gasteiger partial charge in [0, 0.05) is 23.6 Å². The number of benzene rings is 1. The highest BCUT2D eigenvalue weighted by atomic mass is 35.5. The zero-order valence-corrected chi connectivity index (χ0v) is 12.0. The molecule has 0 amide bonds. The van der Waals surface area contributed by atoms with Crippen LogP contribution in [0.3, 0.4) is 0 Å². The van der Waals surface area contributed by atoms with Crippen LogP contribution in [0, 0.1) is 11.8 Å². The van der Waals surface area contributed by atoms with E-state index in [-0.39, 0.29) is 0 Å². The lowest BCUT2D eigenvalue weighted by molar-refractivity contribution is 0.116. The second-order valence-corrected chi connectivity index (χ2v) is 5.90. The van der Waals surface area contributed by atoms with Crippen LogP contribution in [0.25, 0.3) is 0 Å². The Kier molecular flexibility index (Phi) is 3.85. The lowest BCUT2D eigenvalue weighted by Gasteiger charge is -2.25. The predicted octanol–water partition coefficient (Wildman–Crippen LogP) is 3.12. The van der Waals surface area contributed by atoms with Crippen molar-refractivity contribution in [3.8, 4) is 11.5 Å². The van der Waals surface area contributed by atoms with Gasteiger partial charge in [-0.25, -0.2) is 0 Å². The third-order valence-electron chi connectivity index (χ3n) is 4.04. The first kappa shape index (κ1) is 13.1. The summed E-state index contributed by atoms with van der Waals surface area (Å²) in [4.78, 5) is 0. The van der Waals surface area contributed by atoms with E-state index in [1.807, 2.05) is 18.2 Å². The van der Waals surface area contributed by atoms with Crippen LogP contribution in [0.1, 0.15) is 19.3 Å². The highest BCUT2D eigenvalue weighted by Crippen LogP contribution is 2.41. The molecular formula is C15H20ClNO2. The summed E-state index contributed by atoms with van der Waals surface area (Å²) in [6.07, 6.45) is 4.09. The fraction of sp³-hybridized carbons (Fsp3) is 0.600. The molecule has 2 aliphatic rings. The molecule has 0 radical (unpaired) electrons. The first-order valence-corrected chi connectivity index (χ1v) is 7.36. The number of rotatable bonds is 5. The summed E-state index contributed by atoms with van der Waals surface area (Å²) in [7, 11) is 1.65. The van der Waals surface area contributed by atoms with Gasteiger partial charge in [-0.3, -0.25) is 0 Å². The van der Waals surface area contributed by atoms with Crippen molar-refractivity contribution in [1.82, 2.24) is 5.32 Å². The zero-order chi connectivity index (χ0) is 13.2. The lowest BCUT2D eigenvalue weighted by Crippen LogP contribution is -2.30. The topological polar surface area (TPSA) is 30.5 Å². The minimum atomic E-state index is 0.310. The molecule has 19 heavy (non-hydrogen) atoms. The molecule has 1 aliphatic carbocycles. The fourth-order valence-corrected chi connectivity index (χ4v) is 3.01. The van der Waals surface area contributed by atoms with Gasteiger partial charge in [0.05, 0.1) is 7.11 Å². The van der Waals surface area contributed by atoms with Crippen molar-refractivity contribution in [3.63, 3.8) is 0 Å². The average Bonchev–Trinajstić information content (AvgIpc) is 3.11. The third-order valence-corrected chi connectivity index (χ3v) is 4.27. The molecule has 0 bridgehead atoms. The van der Waals surface area contributed by atoms with Crippen LogP contribution in [0.4, 0.5) is 0 Å². The first-order valence-electron chi connectivity index (χ1n) is 6.99. The van der Waals surface area contributed by atoms with Gasteiger partial charge in [-0.1, -0.05) is 11.6 Å². The molecule has 104 valence electrons. The van der Waals surface area contributed by atoms with Crippen LogP contribution < -0.4 is 14.8 Å². The van der Waals surface area contributed by atoms with Crippen molar-refractivity contribution in [2.75, 3.05) is 20.2 Å². The highest BCUT2D eigenvalue weighted by molar-refractivity contribution is 6.30. The van der Waals surface area contributed by atoms with Gasteiger partial charge in [-0.05, 0) is 43.9 Å². The van der Waals surface area contributed by atoms with Crippen molar-refractivity contribution in [1.29, 1.82) is 0 Å². The second kappa shape index (κ2) is 5.59. The maximum absolute atomic E-state index is 6.28. The maximum Gasteiger partial charge on any atom is 0.162 e. The summed E-state index contributed by atoms with van der Waals surface area (Å²) in [6.45, 7) is 2.17. The van der Waals surface area contributed by atoms with Gasteiger partial charge in [0.15, 0.2) is 11.5 Å². The second-order valence-electron chi connectivity index (χ2n) is 5.47. The Bertz CT molecular complexity index is 442. The Hall–Kier alpha value is -0.930. The normalized spacial score (nSPS) is 24.2. The highest BCUT2D eigenvalue weighted by Gasteiger charge is 2.39. The van der Waals surface area contributed by atoms with Gasteiger partial charge in [0.1, 0.15) is 6.10 Å². The molecule has 4 heteroatoms. The molecule has 3 nitrogen and oxygen atoms in total. The summed E-state index contributed by atoms with van der Waals surface area (Å²) in [5.41, 5.74) is 0. The average molecular weight is 282 g/mol. The van der Waals surface area contributed by atoms with Gasteiger partial charge in [0.2, 0.25) is 0 Å². The number of hydrogen-bond donors (Lipinski definition) is 1. The molecule has 0 aromatic heterocycles. The molecule has 1 aliphatic heterocycles. The molecule has 1 N–H and O–H groups in total. The molecule has 1 saturated heterocycles. The maximum atomic E-state index is 6.28. The predicted molar refractivity (Wildman–Crippen MR) is 76.1 cm³/mol. The smallest absolute Gasteiger partial charge is 0.162 e. The summed E-state index contributed by atoms with van der Waals surface area (Å²) in [5, 5.41) is 4.10. The minimum Gasteiger partial charge on any atom is -0.493 e. The summed E-state index contributed by atoms with van der Waals surface area (Å²) in [6, 6.07) is 5.59. The van der Waals surface area contributed by atoms with E-state index in [2.05, 4.69) is 5.32 Å². The Morgan fingerprint density at radius 2 is 2.05 bits per heavy atom. The van der Waals surface area contributed by atoms with Crippen LogP contribution in [0.5, 0.6) is 11.5 Å². The third kappa shape index (κ3) is 2.98. The van der Waals surface area contributed by atoms with Gasteiger partial charge in [-0.2, -0.15) is 0 Å². The molecule has 2 fully saturated rings. The van der Waals surface area contributed by atoms with Crippen LogP contribution in [0.2, 0.25) is 5.02 Å². The van der Waals surface area contributed by atoms with Crippen LogP contribution in [0.15, 0.2) is 18.2 Å². The quantitative estimate of drug-likeness (QED) is 0.900. The van der Waals surface area contributed by atoms with Gasteiger partial charge >= 0.3 is 0 Å². The number of hydrogen-bond acceptors (Lipinski definition) is 3. The monoisotopic (exact) mass is 281 g/mol. The van der Waals surface area contributed by atoms with E-state index in [0.717, 1.165) is 24.6 Å². The van der Waals surface area contributed by atoms with Crippen molar-refractivity contribution >= 4 is 11.6 Å². The SMILES string of the molecule is COc1cc(Cl)ccc1OC(C1CC1)C1CCNC1. The first-order chi connectivity index (χ1) is 9.28. The van der Waals surface area contributed by atoms with E-state index < -0.39 is 0 Å². The standard InChI is InChI=1S/C15H20ClNO2/c1-18-14-8-12(16)4-5-13(14)19-15(10-2-3-10)11-6-7-17-9-11/h4-5,8,10-11,15,17H,2-3,6-7,9H2,1H3. The van der Waals surface area contributed by atoms with Crippen LogP contribution in [-0.4, -0.2) is 26.3 Å². The molecule has 1 heterocycles. The lowest BCUT2D eigenvalue weighted by atomic mass is 9.97. The van der Waals surface area contributed by atoms with E-state index in [1.165, 1.54) is 19.3 Å². The Labute approximate surface area is 119 Å². The fourth-order valence-electron chi connectivity index (χ4n) is 2.84.